The van der Waals surface area contributed by atoms with Crippen molar-refractivity contribution < 1.29 is 18.7 Å². The minimum atomic E-state index is 0.227. The minimum absolute atomic E-state index is 0.227. The summed E-state index contributed by atoms with van der Waals surface area (Å²) in [5, 5.41) is 4.32. The van der Waals surface area contributed by atoms with E-state index in [1.165, 1.54) is 0 Å². The van der Waals surface area contributed by atoms with Crippen molar-refractivity contribution >= 4 is 22.7 Å². The van der Waals surface area contributed by atoms with Crippen molar-refractivity contribution in [2.24, 2.45) is 0 Å². The van der Waals surface area contributed by atoms with Crippen LogP contribution in [0.15, 0.2) is 47.0 Å². The zero-order chi connectivity index (χ0) is 19.9. The number of aromatic nitrogens is 2. The van der Waals surface area contributed by atoms with Crippen LogP contribution in [0, 0.1) is 0 Å². The average Bonchev–Trinajstić information content (AvgIpc) is 3.23. The summed E-state index contributed by atoms with van der Waals surface area (Å²) in [6.45, 7) is 2.68. The molecule has 146 valence electrons. The Morgan fingerprint density at radius 3 is 2.71 bits per heavy atom. The maximum Gasteiger partial charge on any atom is 0.269 e. The topological polar surface area (TPSA) is 66.6 Å². The van der Waals surface area contributed by atoms with Gasteiger partial charge in [-0.2, -0.15) is 4.98 Å². The molecule has 3 rings (SSSR count). The fourth-order valence-corrected chi connectivity index (χ4v) is 2.72. The van der Waals surface area contributed by atoms with Crippen molar-refractivity contribution in [3.63, 3.8) is 0 Å². The number of methoxy groups -OCH3 is 2. The van der Waals surface area contributed by atoms with Gasteiger partial charge in [0.15, 0.2) is 11.5 Å². The highest BCUT2D eigenvalue weighted by Gasteiger charge is 2.13. The summed E-state index contributed by atoms with van der Waals surface area (Å²) in [6, 6.07) is 13.0. The molecule has 0 saturated carbocycles. The van der Waals surface area contributed by atoms with Crippen LogP contribution in [0.2, 0.25) is 0 Å². The number of ether oxygens (including phenoxy) is 3. The third-order valence-electron chi connectivity index (χ3n) is 3.90. The first-order valence-corrected chi connectivity index (χ1v) is 9.19. The van der Waals surface area contributed by atoms with Crippen LogP contribution in [0.5, 0.6) is 17.2 Å². The van der Waals surface area contributed by atoms with Gasteiger partial charge in [0.25, 0.3) is 5.89 Å². The van der Waals surface area contributed by atoms with E-state index in [2.05, 4.69) is 10.1 Å². The third-order valence-corrected chi connectivity index (χ3v) is 4.17. The van der Waals surface area contributed by atoms with Gasteiger partial charge in [-0.15, -0.1) is 0 Å². The summed E-state index contributed by atoms with van der Waals surface area (Å²) < 4.78 is 21.6. The van der Waals surface area contributed by atoms with Gasteiger partial charge in [-0.05, 0) is 42.3 Å². The Kier molecular flexibility index (Phi) is 6.55. The molecule has 28 heavy (non-hydrogen) atoms. The second kappa shape index (κ2) is 9.28. The van der Waals surface area contributed by atoms with E-state index in [0.717, 1.165) is 17.5 Å². The highest BCUT2D eigenvalue weighted by molar-refractivity contribution is 6.50. The van der Waals surface area contributed by atoms with Gasteiger partial charge >= 0.3 is 0 Å². The molecule has 0 amide bonds. The van der Waals surface area contributed by atoms with Gasteiger partial charge in [0.05, 0.1) is 20.8 Å². The molecule has 0 aliphatic rings. The zero-order valence-electron chi connectivity index (χ0n) is 15.9. The molecule has 1 heterocycles. The average molecular weight is 401 g/mol. The number of nitrogens with zero attached hydrogens (tertiary/aromatic N) is 2. The van der Waals surface area contributed by atoms with Crippen molar-refractivity contribution in [1.82, 2.24) is 10.1 Å². The molecular formula is C21H21ClN2O4. The molecule has 7 heteroatoms. The number of hydrogen-bond acceptors (Lipinski definition) is 6. The maximum absolute atomic E-state index is 6.39. The summed E-state index contributed by atoms with van der Waals surface area (Å²) in [5.74, 6) is 2.69. The first kappa shape index (κ1) is 19.8. The molecule has 0 spiro atoms. The van der Waals surface area contributed by atoms with Crippen LogP contribution in [0.25, 0.3) is 22.5 Å². The van der Waals surface area contributed by atoms with E-state index in [0.29, 0.717) is 34.7 Å². The fraction of sp³-hybridized carbons (Fsp3) is 0.238. The highest BCUT2D eigenvalue weighted by Crippen LogP contribution is 2.31. The van der Waals surface area contributed by atoms with Gasteiger partial charge in [-0.3, -0.25) is 0 Å². The van der Waals surface area contributed by atoms with Crippen molar-refractivity contribution in [2.45, 2.75) is 13.3 Å². The van der Waals surface area contributed by atoms with Crippen molar-refractivity contribution in [2.75, 3.05) is 20.8 Å². The Balaban J connectivity index is 1.83. The quantitative estimate of drug-likeness (QED) is 0.512. The van der Waals surface area contributed by atoms with Gasteiger partial charge in [0, 0.05) is 5.56 Å². The Labute approximate surface area is 168 Å². The van der Waals surface area contributed by atoms with E-state index in [-0.39, 0.29) is 5.89 Å². The van der Waals surface area contributed by atoms with Gasteiger partial charge in [-0.25, -0.2) is 0 Å². The van der Waals surface area contributed by atoms with Crippen LogP contribution in [0.3, 0.4) is 0 Å². The normalized spacial score (nSPS) is 11.4. The smallest absolute Gasteiger partial charge is 0.269 e. The van der Waals surface area contributed by atoms with Crippen molar-refractivity contribution in [3.8, 4) is 28.6 Å². The molecule has 2 aromatic carbocycles. The monoisotopic (exact) mass is 400 g/mol. The Morgan fingerprint density at radius 2 is 1.96 bits per heavy atom. The standard InChI is InChI=1S/C21H21ClN2O4/c1-4-10-27-18-9-8-14(12-19(18)26-3)11-17(22)21-23-20(24-28-21)15-6-5-7-16(13-15)25-2/h5-9,11-13H,4,10H2,1-3H3/b17-11-. The van der Waals surface area contributed by atoms with Crippen LogP contribution < -0.4 is 14.2 Å². The highest BCUT2D eigenvalue weighted by atomic mass is 35.5. The molecule has 0 unspecified atom stereocenters. The summed E-state index contributed by atoms with van der Waals surface area (Å²) in [5.41, 5.74) is 1.60. The molecule has 0 N–H and O–H groups in total. The van der Waals surface area contributed by atoms with Gasteiger partial charge in [-0.1, -0.05) is 41.9 Å². The largest absolute Gasteiger partial charge is 0.497 e. The lowest BCUT2D eigenvalue weighted by Gasteiger charge is -2.10. The van der Waals surface area contributed by atoms with E-state index in [4.69, 9.17) is 30.3 Å². The molecule has 0 bridgehead atoms. The minimum Gasteiger partial charge on any atom is -0.497 e. The molecule has 0 aliphatic heterocycles. The van der Waals surface area contributed by atoms with Gasteiger partial charge in [0.1, 0.15) is 10.8 Å². The van der Waals surface area contributed by atoms with Crippen LogP contribution >= 0.6 is 11.6 Å². The maximum atomic E-state index is 6.39. The third kappa shape index (κ3) is 4.64. The molecule has 0 radical (unpaired) electrons. The van der Waals surface area contributed by atoms with Crippen LogP contribution in [0.4, 0.5) is 0 Å². The van der Waals surface area contributed by atoms with Gasteiger partial charge in [0.2, 0.25) is 5.82 Å². The Morgan fingerprint density at radius 1 is 1.11 bits per heavy atom. The van der Waals surface area contributed by atoms with Crippen LogP contribution in [-0.2, 0) is 0 Å². The fourth-order valence-electron chi connectivity index (χ4n) is 2.51. The molecule has 0 saturated heterocycles. The zero-order valence-corrected chi connectivity index (χ0v) is 16.7. The summed E-state index contributed by atoms with van der Waals surface area (Å²) in [7, 11) is 3.20. The van der Waals surface area contributed by atoms with E-state index in [9.17, 15) is 0 Å². The molecule has 1 aromatic heterocycles. The summed E-state index contributed by atoms with van der Waals surface area (Å²) in [6.07, 6.45) is 2.65. The van der Waals surface area contributed by atoms with Crippen molar-refractivity contribution in [3.05, 3.63) is 53.9 Å². The van der Waals surface area contributed by atoms with Crippen LogP contribution in [0.1, 0.15) is 24.8 Å². The molecule has 6 nitrogen and oxygen atoms in total. The van der Waals surface area contributed by atoms with E-state index < -0.39 is 0 Å². The Hall–Kier alpha value is -2.99. The predicted octanol–water partition coefficient (Wildman–Crippen LogP) is 5.28. The number of hydrogen-bond donors (Lipinski definition) is 0. The van der Waals surface area contributed by atoms with E-state index in [1.807, 2.05) is 49.4 Å². The van der Waals surface area contributed by atoms with E-state index >= 15 is 0 Å². The molecule has 3 aromatic rings. The number of benzene rings is 2. The summed E-state index contributed by atoms with van der Waals surface area (Å²) in [4.78, 5) is 4.36. The van der Waals surface area contributed by atoms with E-state index in [1.54, 1.807) is 20.3 Å². The predicted molar refractivity (Wildman–Crippen MR) is 109 cm³/mol. The molecule has 0 aliphatic carbocycles. The molecular weight excluding hydrogens is 380 g/mol. The molecule has 0 fully saturated rings. The van der Waals surface area contributed by atoms with Crippen molar-refractivity contribution in [1.29, 1.82) is 0 Å². The lowest BCUT2D eigenvalue weighted by molar-refractivity contribution is 0.294. The SMILES string of the molecule is CCCOc1ccc(/C=C(\Cl)c2nc(-c3cccc(OC)c3)no2)cc1OC. The lowest BCUT2D eigenvalue weighted by atomic mass is 10.2. The second-order valence-corrected chi connectivity index (χ2v) is 6.31. The Bertz CT molecular complexity index is 969. The first-order valence-electron chi connectivity index (χ1n) is 8.81. The number of halogens is 1. The lowest BCUT2D eigenvalue weighted by Crippen LogP contribution is -1.97. The van der Waals surface area contributed by atoms with Gasteiger partial charge < -0.3 is 18.7 Å². The second-order valence-electron chi connectivity index (χ2n) is 5.91. The molecule has 0 atom stereocenters. The van der Waals surface area contributed by atoms with Crippen LogP contribution in [-0.4, -0.2) is 31.0 Å². The summed E-state index contributed by atoms with van der Waals surface area (Å²) >= 11 is 6.39. The first-order chi connectivity index (χ1) is 13.6. The number of rotatable bonds is 8.